The Bertz CT molecular complexity index is 1190. The predicted octanol–water partition coefficient (Wildman–Crippen LogP) is 2.24. The van der Waals surface area contributed by atoms with Gasteiger partial charge in [0.25, 0.3) is 0 Å². The van der Waals surface area contributed by atoms with Gasteiger partial charge in [0.2, 0.25) is 12.5 Å². The Balaban J connectivity index is 1.49. The molecule has 0 fully saturated rings. The van der Waals surface area contributed by atoms with Crippen molar-refractivity contribution < 1.29 is 28.3 Å². The molecule has 162 valence electrons. The smallest absolute Gasteiger partial charge is 0.339 e. The highest BCUT2D eigenvalue weighted by Gasteiger charge is 2.28. The minimum absolute atomic E-state index is 0.204. The maximum Gasteiger partial charge on any atom is 0.339 e. The van der Waals surface area contributed by atoms with Crippen LogP contribution in [0.25, 0.3) is 11.0 Å². The van der Waals surface area contributed by atoms with E-state index in [9.17, 15) is 4.79 Å². The average Bonchev–Trinajstić information content (AvgIpc) is 3.29. The van der Waals surface area contributed by atoms with Crippen LogP contribution >= 0.6 is 0 Å². The summed E-state index contributed by atoms with van der Waals surface area (Å²) in [6.45, 7) is 1.91. The second-order valence-corrected chi connectivity index (χ2v) is 8.04. The molecule has 3 aromatic rings. The number of nitrogens with one attached hydrogen (secondary N) is 1. The summed E-state index contributed by atoms with van der Waals surface area (Å²) >= 11 is 0. The van der Waals surface area contributed by atoms with E-state index in [0.717, 1.165) is 52.7 Å². The maximum absolute atomic E-state index is 12.5. The quantitative estimate of drug-likeness (QED) is 0.634. The first kappa shape index (κ1) is 19.8. The fourth-order valence-corrected chi connectivity index (χ4v) is 4.81. The molecule has 7 heteroatoms. The Labute approximate surface area is 180 Å². The third kappa shape index (κ3) is 3.29. The molecule has 2 aromatic carbocycles. The van der Waals surface area contributed by atoms with E-state index in [0.29, 0.717) is 42.7 Å². The van der Waals surface area contributed by atoms with Crippen LogP contribution in [0.3, 0.4) is 0 Å². The maximum atomic E-state index is 12.5. The molecule has 7 nitrogen and oxygen atoms in total. The van der Waals surface area contributed by atoms with Gasteiger partial charge < -0.3 is 23.4 Å². The van der Waals surface area contributed by atoms with Gasteiger partial charge in [-0.1, -0.05) is 0 Å². The number of ether oxygens (including phenoxy) is 4. The van der Waals surface area contributed by atoms with E-state index in [4.69, 9.17) is 23.4 Å². The molecule has 2 aliphatic rings. The van der Waals surface area contributed by atoms with Crippen molar-refractivity contribution in [2.75, 3.05) is 28.1 Å². The number of hydrogen-bond acceptors (Lipinski definition) is 6. The lowest BCUT2D eigenvalue weighted by Gasteiger charge is -2.27. The van der Waals surface area contributed by atoms with E-state index >= 15 is 0 Å². The topological polar surface area (TPSA) is 71.6 Å². The van der Waals surface area contributed by atoms with E-state index in [1.54, 1.807) is 21.3 Å². The van der Waals surface area contributed by atoms with Crippen LogP contribution in [0.5, 0.6) is 23.0 Å². The molecule has 0 saturated carbocycles. The Morgan fingerprint density at radius 3 is 2.42 bits per heavy atom. The SMILES string of the molecule is COc1cc(C[NH+]2COc3ccc4c5c(c(=O)oc4c3C2)CCC5)cc(OC)c1OC. The molecular weight excluding hydrogens is 398 g/mol. The molecule has 1 aliphatic carbocycles. The summed E-state index contributed by atoms with van der Waals surface area (Å²) in [5.74, 6) is 2.62. The third-order valence-corrected chi connectivity index (χ3v) is 6.24. The Morgan fingerprint density at radius 2 is 1.71 bits per heavy atom. The van der Waals surface area contributed by atoms with E-state index in [2.05, 4.69) is 0 Å². The predicted molar refractivity (Wildman–Crippen MR) is 114 cm³/mol. The van der Waals surface area contributed by atoms with Crippen LogP contribution in [-0.4, -0.2) is 28.1 Å². The molecule has 1 atom stereocenters. The molecule has 0 bridgehead atoms. The van der Waals surface area contributed by atoms with Crippen LogP contribution in [0.2, 0.25) is 0 Å². The van der Waals surface area contributed by atoms with Gasteiger partial charge >= 0.3 is 5.63 Å². The molecule has 0 radical (unpaired) electrons. The highest BCUT2D eigenvalue weighted by Crippen LogP contribution is 2.38. The summed E-state index contributed by atoms with van der Waals surface area (Å²) in [4.78, 5) is 13.7. The number of hydrogen-bond donors (Lipinski definition) is 1. The molecule has 2 heterocycles. The summed E-state index contributed by atoms with van der Waals surface area (Å²) in [7, 11) is 4.82. The van der Waals surface area contributed by atoms with Crippen molar-refractivity contribution in [2.24, 2.45) is 0 Å². The second kappa shape index (κ2) is 7.81. The van der Waals surface area contributed by atoms with Crippen molar-refractivity contribution in [2.45, 2.75) is 32.4 Å². The lowest BCUT2D eigenvalue weighted by atomic mass is 10.0. The van der Waals surface area contributed by atoms with Crippen molar-refractivity contribution in [3.8, 4) is 23.0 Å². The van der Waals surface area contributed by atoms with Gasteiger partial charge in [0.15, 0.2) is 17.1 Å². The van der Waals surface area contributed by atoms with Gasteiger partial charge in [-0.15, -0.1) is 0 Å². The third-order valence-electron chi connectivity index (χ3n) is 6.24. The van der Waals surface area contributed by atoms with Crippen molar-refractivity contribution >= 4 is 11.0 Å². The molecule has 1 aliphatic heterocycles. The van der Waals surface area contributed by atoms with Crippen LogP contribution in [0.4, 0.5) is 0 Å². The normalized spacial score (nSPS) is 17.1. The highest BCUT2D eigenvalue weighted by molar-refractivity contribution is 5.86. The number of fused-ring (bicyclic) bond motifs is 5. The molecule has 0 saturated heterocycles. The molecule has 0 amide bonds. The van der Waals surface area contributed by atoms with Crippen molar-refractivity contribution in [3.05, 3.63) is 56.9 Å². The molecule has 5 rings (SSSR count). The molecule has 31 heavy (non-hydrogen) atoms. The standard InChI is InChI=1S/C24H25NO6/c1-27-20-9-14(10-21(28-2)23(20)29-3)11-25-12-18-19(30-13-25)8-7-16-15-5-4-6-17(15)24(26)31-22(16)18/h7-10H,4-6,11-13H2,1-3H3/p+1. The van der Waals surface area contributed by atoms with Crippen LogP contribution in [0.15, 0.2) is 33.5 Å². The van der Waals surface area contributed by atoms with E-state index < -0.39 is 0 Å². The minimum Gasteiger partial charge on any atom is -0.493 e. The van der Waals surface area contributed by atoms with Gasteiger partial charge in [0.05, 0.1) is 26.9 Å². The summed E-state index contributed by atoms with van der Waals surface area (Å²) in [6.07, 6.45) is 2.74. The number of methoxy groups -OCH3 is 3. The van der Waals surface area contributed by atoms with E-state index in [-0.39, 0.29) is 5.63 Å². The number of benzene rings is 2. The largest absolute Gasteiger partial charge is 0.493 e. The fraction of sp³-hybridized carbons (Fsp3) is 0.375. The minimum atomic E-state index is -0.204. The zero-order valence-corrected chi connectivity index (χ0v) is 18.0. The van der Waals surface area contributed by atoms with Crippen LogP contribution < -0.4 is 29.5 Å². The Morgan fingerprint density at radius 1 is 0.968 bits per heavy atom. The highest BCUT2D eigenvalue weighted by atomic mass is 16.5. The van der Waals surface area contributed by atoms with Crippen molar-refractivity contribution in [1.82, 2.24) is 0 Å². The van der Waals surface area contributed by atoms with Crippen LogP contribution in [-0.2, 0) is 25.9 Å². The lowest BCUT2D eigenvalue weighted by molar-refractivity contribution is -0.945. The van der Waals surface area contributed by atoms with Gasteiger partial charge in [-0.25, -0.2) is 4.79 Å². The Hall–Kier alpha value is -3.19. The zero-order chi connectivity index (χ0) is 21.5. The van der Waals surface area contributed by atoms with Gasteiger partial charge in [-0.3, -0.25) is 4.90 Å². The zero-order valence-electron chi connectivity index (χ0n) is 18.0. The summed E-state index contributed by atoms with van der Waals surface area (Å²) in [5, 5.41) is 1.04. The number of aryl methyl sites for hydroxylation is 1. The van der Waals surface area contributed by atoms with Crippen LogP contribution in [0.1, 0.15) is 28.7 Å². The Kier molecular flexibility index (Phi) is 4.98. The van der Waals surface area contributed by atoms with Crippen molar-refractivity contribution in [1.29, 1.82) is 0 Å². The molecule has 1 N–H and O–H groups in total. The molecule has 1 aromatic heterocycles. The monoisotopic (exact) mass is 424 g/mol. The van der Waals surface area contributed by atoms with Gasteiger partial charge in [0.1, 0.15) is 18.8 Å². The average molecular weight is 424 g/mol. The summed E-state index contributed by atoms with van der Waals surface area (Å²) < 4.78 is 28.2. The second-order valence-electron chi connectivity index (χ2n) is 8.04. The summed E-state index contributed by atoms with van der Waals surface area (Å²) in [6, 6.07) is 7.96. The van der Waals surface area contributed by atoms with Gasteiger partial charge in [0, 0.05) is 16.5 Å². The molecule has 1 unspecified atom stereocenters. The first-order valence-corrected chi connectivity index (χ1v) is 10.5. The van der Waals surface area contributed by atoms with Crippen molar-refractivity contribution in [3.63, 3.8) is 0 Å². The van der Waals surface area contributed by atoms with E-state index in [1.807, 2.05) is 24.3 Å². The molecule has 0 spiro atoms. The lowest BCUT2D eigenvalue weighted by Crippen LogP contribution is -3.10. The van der Waals surface area contributed by atoms with Gasteiger partial charge in [-0.2, -0.15) is 0 Å². The van der Waals surface area contributed by atoms with Crippen LogP contribution in [0, 0.1) is 0 Å². The number of quaternary nitrogens is 1. The number of rotatable bonds is 5. The fourth-order valence-electron chi connectivity index (χ4n) is 4.81. The first-order chi connectivity index (χ1) is 15.1. The first-order valence-electron chi connectivity index (χ1n) is 10.5. The molecular formula is C24H26NO6+. The summed E-state index contributed by atoms with van der Waals surface area (Å²) in [5.41, 5.74) is 4.45. The van der Waals surface area contributed by atoms with Gasteiger partial charge in [-0.05, 0) is 49.1 Å². The van der Waals surface area contributed by atoms with E-state index in [1.165, 1.54) is 4.90 Å².